The van der Waals surface area contributed by atoms with E-state index in [0.29, 0.717) is 12.0 Å². The van der Waals surface area contributed by atoms with Crippen molar-refractivity contribution >= 4 is 11.3 Å². The lowest BCUT2D eigenvalue weighted by Gasteiger charge is -2.40. The Morgan fingerprint density at radius 2 is 2.29 bits per heavy atom. The highest BCUT2D eigenvalue weighted by Gasteiger charge is 2.50. The standard InChI is InChI=1S/C17H29N3S/c1-4-9-18-17(16-19-14(12-21-16)13(2)3)8-11-20-10-6-5-7-15(17)20/h12-13,15,18H,4-11H2,1-3H3. The van der Waals surface area contributed by atoms with E-state index < -0.39 is 0 Å². The van der Waals surface area contributed by atoms with Crippen LogP contribution in [0, 0.1) is 0 Å². The molecule has 2 atom stereocenters. The Hall–Kier alpha value is -0.450. The summed E-state index contributed by atoms with van der Waals surface area (Å²) in [6.07, 6.45) is 6.49. The highest BCUT2D eigenvalue weighted by Crippen LogP contribution is 2.43. The summed E-state index contributed by atoms with van der Waals surface area (Å²) >= 11 is 1.88. The predicted octanol–water partition coefficient (Wildman–Crippen LogP) is 3.72. The van der Waals surface area contributed by atoms with Crippen molar-refractivity contribution in [2.24, 2.45) is 0 Å². The molecule has 2 aliphatic heterocycles. The van der Waals surface area contributed by atoms with Crippen LogP contribution in [-0.4, -0.2) is 35.6 Å². The summed E-state index contributed by atoms with van der Waals surface area (Å²) in [6.45, 7) is 10.4. The molecule has 2 unspecified atom stereocenters. The molecule has 3 heterocycles. The van der Waals surface area contributed by atoms with Crippen LogP contribution >= 0.6 is 11.3 Å². The molecule has 0 aliphatic carbocycles. The fourth-order valence-corrected chi connectivity index (χ4v) is 5.17. The first-order chi connectivity index (χ1) is 10.2. The van der Waals surface area contributed by atoms with Crippen molar-refractivity contribution in [3.63, 3.8) is 0 Å². The van der Waals surface area contributed by atoms with E-state index in [0.717, 1.165) is 6.54 Å². The lowest BCUT2D eigenvalue weighted by Crippen LogP contribution is -2.53. The first-order valence-electron chi connectivity index (χ1n) is 8.62. The molecule has 0 amide bonds. The third-order valence-electron chi connectivity index (χ3n) is 5.16. The molecule has 0 bridgehead atoms. The average molecular weight is 308 g/mol. The summed E-state index contributed by atoms with van der Waals surface area (Å²) in [5, 5.41) is 7.54. The molecule has 2 saturated heterocycles. The Kier molecular flexibility index (Phi) is 4.67. The van der Waals surface area contributed by atoms with Crippen LogP contribution in [0.25, 0.3) is 0 Å². The van der Waals surface area contributed by atoms with E-state index in [-0.39, 0.29) is 5.54 Å². The van der Waals surface area contributed by atoms with Gasteiger partial charge in [-0.25, -0.2) is 4.98 Å². The Morgan fingerprint density at radius 3 is 3.00 bits per heavy atom. The average Bonchev–Trinajstić information content (AvgIpc) is 3.11. The maximum Gasteiger partial charge on any atom is 0.115 e. The van der Waals surface area contributed by atoms with Gasteiger partial charge in [0.2, 0.25) is 0 Å². The molecule has 1 aromatic heterocycles. The second kappa shape index (κ2) is 6.35. The van der Waals surface area contributed by atoms with E-state index in [4.69, 9.17) is 4.98 Å². The van der Waals surface area contributed by atoms with Crippen molar-refractivity contribution in [1.29, 1.82) is 0 Å². The third kappa shape index (κ3) is 2.78. The lowest BCUT2D eigenvalue weighted by atomic mass is 9.85. The minimum Gasteiger partial charge on any atom is -0.304 e. The molecule has 2 aliphatic rings. The number of hydrogen-bond acceptors (Lipinski definition) is 4. The SMILES string of the molecule is CCCNC1(c2nc(C(C)C)cs2)CCN2CCCCC21. The smallest absolute Gasteiger partial charge is 0.115 e. The quantitative estimate of drug-likeness (QED) is 0.898. The minimum absolute atomic E-state index is 0.119. The number of nitrogens with one attached hydrogen (secondary N) is 1. The van der Waals surface area contributed by atoms with Crippen LogP contribution < -0.4 is 5.32 Å². The number of nitrogens with zero attached hydrogens (tertiary/aromatic N) is 2. The van der Waals surface area contributed by atoms with Gasteiger partial charge in [0, 0.05) is 18.0 Å². The van der Waals surface area contributed by atoms with Gasteiger partial charge in [0.25, 0.3) is 0 Å². The summed E-state index contributed by atoms with van der Waals surface area (Å²) in [4.78, 5) is 7.75. The van der Waals surface area contributed by atoms with E-state index in [1.165, 1.54) is 55.9 Å². The number of fused-ring (bicyclic) bond motifs is 1. The first kappa shape index (κ1) is 15.4. The minimum atomic E-state index is 0.119. The van der Waals surface area contributed by atoms with Crippen molar-refractivity contribution in [3.8, 4) is 0 Å². The van der Waals surface area contributed by atoms with Gasteiger partial charge < -0.3 is 5.32 Å². The lowest BCUT2D eigenvalue weighted by molar-refractivity contribution is 0.136. The van der Waals surface area contributed by atoms with Crippen LogP contribution in [0.2, 0.25) is 0 Å². The normalized spacial score (nSPS) is 30.0. The van der Waals surface area contributed by atoms with Crippen molar-refractivity contribution in [2.75, 3.05) is 19.6 Å². The van der Waals surface area contributed by atoms with E-state index in [9.17, 15) is 0 Å². The fourth-order valence-electron chi connectivity index (χ4n) is 3.94. The molecule has 2 fully saturated rings. The van der Waals surface area contributed by atoms with Crippen LogP contribution in [-0.2, 0) is 5.54 Å². The Labute approximate surface area is 133 Å². The van der Waals surface area contributed by atoms with E-state index in [2.05, 4.69) is 36.4 Å². The van der Waals surface area contributed by atoms with Gasteiger partial charge in [0.1, 0.15) is 5.01 Å². The molecule has 0 saturated carbocycles. The number of rotatable bonds is 5. The Bertz CT molecular complexity index is 470. The molecule has 118 valence electrons. The molecular weight excluding hydrogens is 278 g/mol. The molecule has 4 heteroatoms. The zero-order valence-electron chi connectivity index (χ0n) is 13.7. The monoisotopic (exact) mass is 307 g/mol. The van der Waals surface area contributed by atoms with E-state index in [1.54, 1.807) is 0 Å². The summed E-state index contributed by atoms with van der Waals surface area (Å²) in [6, 6.07) is 0.656. The van der Waals surface area contributed by atoms with Gasteiger partial charge in [-0.15, -0.1) is 11.3 Å². The fraction of sp³-hybridized carbons (Fsp3) is 0.824. The molecule has 3 rings (SSSR count). The highest BCUT2D eigenvalue weighted by molar-refractivity contribution is 7.09. The van der Waals surface area contributed by atoms with Crippen molar-refractivity contribution in [2.45, 2.75) is 70.4 Å². The van der Waals surface area contributed by atoms with E-state index in [1.807, 2.05) is 11.3 Å². The van der Waals surface area contributed by atoms with E-state index >= 15 is 0 Å². The third-order valence-corrected chi connectivity index (χ3v) is 6.20. The summed E-state index contributed by atoms with van der Waals surface area (Å²) in [5.74, 6) is 0.530. The zero-order valence-corrected chi connectivity index (χ0v) is 14.5. The molecule has 0 aromatic carbocycles. The summed E-state index contributed by atoms with van der Waals surface area (Å²) < 4.78 is 0. The van der Waals surface area contributed by atoms with Crippen molar-refractivity contribution in [1.82, 2.24) is 15.2 Å². The van der Waals surface area contributed by atoms with Crippen LogP contribution in [0.15, 0.2) is 5.38 Å². The number of aromatic nitrogens is 1. The Balaban J connectivity index is 1.92. The Morgan fingerprint density at radius 1 is 1.43 bits per heavy atom. The predicted molar refractivity (Wildman–Crippen MR) is 90.0 cm³/mol. The van der Waals surface area contributed by atoms with Gasteiger partial charge in [-0.3, -0.25) is 4.90 Å². The maximum absolute atomic E-state index is 5.04. The van der Waals surface area contributed by atoms with Gasteiger partial charge in [-0.2, -0.15) is 0 Å². The first-order valence-corrected chi connectivity index (χ1v) is 9.50. The molecule has 0 radical (unpaired) electrons. The second-order valence-corrected chi connectivity index (χ2v) is 7.79. The van der Waals surface area contributed by atoms with Crippen molar-refractivity contribution < 1.29 is 0 Å². The maximum atomic E-state index is 5.04. The second-order valence-electron chi connectivity index (χ2n) is 6.93. The molecule has 3 nitrogen and oxygen atoms in total. The van der Waals surface area contributed by atoms with Crippen molar-refractivity contribution in [3.05, 3.63) is 16.1 Å². The molecule has 1 aromatic rings. The topological polar surface area (TPSA) is 28.2 Å². The van der Waals surface area contributed by atoms with Crippen LogP contribution in [0.1, 0.15) is 69.5 Å². The van der Waals surface area contributed by atoms with Crippen LogP contribution in [0.3, 0.4) is 0 Å². The van der Waals surface area contributed by atoms with Gasteiger partial charge in [0.05, 0.1) is 11.2 Å². The van der Waals surface area contributed by atoms with Gasteiger partial charge >= 0.3 is 0 Å². The molecule has 21 heavy (non-hydrogen) atoms. The van der Waals surface area contributed by atoms with Gasteiger partial charge in [-0.05, 0) is 44.7 Å². The number of hydrogen-bond donors (Lipinski definition) is 1. The van der Waals surface area contributed by atoms with Crippen LogP contribution in [0.5, 0.6) is 0 Å². The van der Waals surface area contributed by atoms with Gasteiger partial charge in [0.15, 0.2) is 0 Å². The molecular formula is C17H29N3S. The molecule has 0 spiro atoms. The summed E-state index contributed by atoms with van der Waals surface area (Å²) in [7, 11) is 0. The van der Waals surface area contributed by atoms with Gasteiger partial charge in [-0.1, -0.05) is 27.2 Å². The largest absolute Gasteiger partial charge is 0.304 e. The summed E-state index contributed by atoms with van der Waals surface area (Å²) in [5.41, 5.74) is 1.38. The zero-order chi connectivity index (χ0) is 14.9. The number of thiazole rings is 1. The molecule has 1 N–H and O–H groups in total. The van der Waals surface area contributed by atoms with Crippen LogP contribution in [0.4, 0.5) is 0 Å². The number of piperidine rings is 1. The highest BCUT2D eigenvalue weighted by atomic mass is 32.1.